The first-order chi connectivity index (χ1) is 8.45. The van der Waals surface area contributed by atoms with Crippen LogP contribution in [0.3, 0.4) is 0 Å². The van der Waals surface area contributed by atoms with Gasteiger partial charge in [0.15, 0.2) is 0 Å². The zero-order valence-electron chi connectivity index (χ0n) is 12.4. The summed E-state index contributed by atoms with van der Waals surface area (Å²) in [6.07, 6.45) is 1.96. The van der Waals surface area contributed by atoms with Gasteiger partial charge in [-0.15, -0.1) is 0 Å². The predicted octanol–water partition coefficient (Wildman–Crippen LogP) is 2.76. The van der Waals surface area contributed by atoms with Gasteiger partial charge in [-0.2, -0.15) is 0 Å². The summed E-state index contributed by atoms with van der Waals surface area (Å²) in [6, 6.07) is 4.96. The highest BCUT2D eigenvalue weighted by molar-refractivity contribution is 5.18. The van der Waals surface area contributed by atoms with E-state index in [9.17, 15) is 0 Å². The Labute approximate surface area is 111 Å². The lowest BCUT2D eigenvalue weighted by Crippen LogP contribution is -2.40. The molecule has 3 heteroatoms. The SMILES string of the molecule is Cc1ccc(C(CN)N(CC(C)C)C(C)C)cn1. The lowest BCUT2D eigenvalue weighted by atomic mass is 10.0. The second-order valence-electron chi connectivity index (χ2n) is 5.67. The van der Waals surface area contributed by atoms with E-state index in [4.69, 9.17) is 5.73 Å². The van der Waals surface area contributed by atoms with Crippen molar-refractivity contribution in [3.8, 4) is 0 Å². The molecule has 1 aromatic heterocycles. The van der Waals surface area contributed by atoms with E-state index in [1.165, 1.54) is 5.56 Å². The second-order valence-corrected chi connectivity index (χ2v) is 5.67. The second kappa shape index (κ2) is 6.86. The van der Waals surface area contributed by atoms with Crippen molar-refractivity contribution in [2.45, 2.75) is 46.7 Å². The monoisotopic (exact) mass is 249 g/mol. The molecule has 0 aliphatic heterocycles. The normalized spacial score (nSPS) is 13.6. The van der Waals surface area contributed by atoms with Gasteiger partial charge in [-0.3, -0.25) is 9.88 Å². The van der Waals surface area contributed by atoms with Crippen molar-refractivity contribution >= 4 is 0 Å². The van der Waals surface area contributed by atoms with E-state index in [0.717, 1.165) is 12.2 Å². The molecule has 1 rings (SSSR count). The van der Waals surface area contributed by atoms with Crippen LogP contribution < -0.4 is 5.73 Å². The molecule has 0 bridgehead atoms. The first kappa shape index (κ1) is 15.1. The standard InChI is InChI=1S/C15H27N3/c1-11(2)10-18(12(3)4)15(8-16)14-7-6-13(5)17-9-14/h6-7,9,11-12,15H,8,10,16H2,1-5H3. The predicted molar refractivity (Wildman–Crippen MR) is 77.4 cm³/mol. The fourth-order valence-corrected chi connectivity index (χ4v) is 2.26. The summed E-state index contributed by atoms with van der Waals surface area (Å²) in [7, 11) is 0. The van der Waals surface area contributed by atoms with Crippen LogP contribution in [0.2, 0.25) is 0 Å². The average Bonchev–Trinajstić information content (AvgIpc) is 2.30. The Hall–Kier alpha value is -0.930. The maximum atomic E-state index is 5.99. The van der Waals surface area contributed by atoms with Gasteiger partial charge >= 0.3 is 0 Å². The molecule has 3 nitrogen and oxygen atoms in total. The third kappa shape index (κ3) is 4.07. The minimum atomic E-state index is 0.264. The quantitative estimate of drug-likeness (QED) is 0.843. The summed E-state index contributed by atoms with van der Waals surface area (Å²) in [4.78, 5) is 6.86. The molecule has 18 heavy (non-hydrogen) atoms. The van der Waals surface area contributed by atoms with Gasteiger partial charge in [0.05, 0.1) is 0 Å². The number of rotatable bonds is 6. The summed E-state index contributed by atoms with van der Waals surface area (Å²) in [5, 5.41) is 0. The summed E-state index contributed by atoms with van der Waals surface area (Å²) in [5.41, 5.74) is 8.26. The van der Waals surface area contributed by atoms with E-state index < -0.39 is 0 Å². The van der Waals surface area contributed by atoms with Crippen LogP contribution in [0, 0.1) is 12.8 Å². The Morgan fingerprint density at radius 3 is 2.28 bits per heavy atom. The lowest BCUT2D eigenvalue weighted by Gasteiger charge is -2.35. The summed E-state index contributed by atoms with van der Waals surface area (Å²) in [6.45, 7) is 12.7. The Morgan fingerprint density at radius 2 is 1.89 bits per heavy atom. The highest BCUT2D eigenvalue weighted by atomic mass is 15.2. The van der Waals surface area contributed by atoms with Crippen LogP contribution in [0.1, 0.15) is 45.0 Å². The number of nitrogens with two attached hydrogens (primary N) is 1. The van der Waals surface area contributed by atoms with E-state index >= 15 is 0 Å². The molecule has 1 atom stereocenters. The van der Waals surface area contributed by atoms with Crippen LogP contribution >= 0.6 is 0 Å². The highest BCUT2D eigenvalue weighted by Crippen LogP contribution is 2.22. The van der Waals surface area contributed by atoms with Crippen LogP contribution in [0.25, 0.3) is 0 Å². The van der Waals surface area contributed by atoms with Gasteiger partial charge in [-0.05, 0) is 38.3 Å². The lowest BCUT2D eigenvalue weighted by molar-refractivity contribution is 0.138. The van der Waals surface area contributed by atoms with Crippen molar-refractivity contribution in [3.05, 3.63) is 29.6 Å². The zero-order chi connectivity index (χ0) is 13.7. The molecule has 0 saturated heterocycles. The fourth-order valence-electron chi connectivity index (χ4n) is 2.26. The zero-order valence-corrected chi connectivity index (χ0v) is 12.4. The Bertz CT molecular complexity index is 343. The summed E-state index contributed by atoms with van der Waals surface area (Å²) < 4.78 is 0. The molecule has 0 amide bonds. The van der Waals surface area contributed by atoms with Gasteiger partial charge in [0, 0.05) is 37.1 Å². The number of aryl methyl sites for hydroxylation is 1. The van der Waals surface area contributed by atoms with Gasteiger partial charge in [0.2, 0.25) is 0 Å². The fraction of sp³-hybridized carbons (Fsp3) is 0.667. The van der Waals surface area contributed by atoms with E-state index in [2.05, 4.69) is 49.7 Å². The molecule has 2 N–H and O–H groups in total. The van der Waals surface area contributed by atoms with Crippen LogP contribution in [0.5, 0.6) is 0 Å². The van der Waals surface area contributed by atoms with Crippen molar-refractivity contribution in [2.75, 3.05) is 13.1 Å². The van der Waals surface area contributed by atoms with E-state index in [1.54, 1.807) is 0 Å². The van der Waals surface area contributed by atoms with Crippen LogP contribution in [-0.4, -0.2) is 29.0 Å². The number of aromatic nitrogens is 1. The van der Waals surface area contributed by atoms with Gasteiger partial charge in [0.25, 0.3) is 0 Å². The largest absolute Gasteiger partial charge is 0.329 e. The van der Waals surface area contributed by atoms with Crippen molar-refractivity contribution in [1.29, 1.82) is 0 Å². The van der Waals surface area contributed by atoms with E-state index in [1.807, 2.05) is 13.1 Å². The van der Waals surface area contributed by atoms with Crippen LogP contribution in [0.15, 0.2) is 18.3 Å². The van der Waals surface area contributed by atoms with Crippen LogP contribution in [0.4, 0.5) is 0 Å². The number of hydrogen-bond acceptors (Lipinski definition) is 3. The topological polar surface area (TPSA) is 42.1 Å². The van der Waals surface area contributed by atoms with Gasteiger partial charge in [-0.25, -0.2) is 0 Å². The smallest absolute Gasteiger partial charge is 0.0488 e. The molecule has 1 unspecified atom stereocenters. The maximum Gasteiger partial charge on any atom is 0.0488 e. The first-order valence-corrected chi connectivity index (χ1v) is 6.84. The van der Waals surface area contributed by atoms with Crippen molar-refractivity contribution < 1.29 is 0 Å². The third-order valence-corrected chi connectivity index (χ3v) is 3.18. The molecule has 0 aliphatic rings. The first-order valence-electron chi connectivity index (χ1n) is 6.84. The van der Waals surface area contributed by atoms with E-state index in [-0.39, 0.29) is 6.04 Å². The summed E-state index contributed by atoms with van der Waals surface area (Å²) in [5.74, 6) is 0.639. The maximum absolute atomic E-state index is 5.99. The third-order valence-electron chi connectivity index (χ3n) is 3.18. The molecular weight excluding hydrogens is 222 g/mol. The number of pyridine rings is 1. The molecule has 1 heterocycles. The van der Waals surface area contributed by atoms with Gasteiger partial charge < -0.3 is 5.73 Å². The Balaban J connectivity index is 2.94. The Morgan fingerprint density at radius 1 is 1.22 bits per heavy atom. The number of hydrogen-bond donors (Lipinski definition) is 1. The van der Waals surface area contributed by atoms with Crippen molar-refractivity contribution in [3.63, 3.8) is 0 Å². The molecule has 1 aromatic rings. The molecule has 0 aromatic carbocycles. The molecule has 0 saturated carbocycles. The van der Waals surface area contributed by atoms with Gasteiger partial charge in [-0.1, -0.05) is 19.9 Å². The minimum absolute atomic E-state index is 0.264. The molecular formula is C15H27N3. The molecule has 102 valence electrons. The van der Waals surface area contributed by atoms with Crippen molar-refractivity contribution in [1.82, 2.24) is 9.88 Å². The van der Waals surface area contributed by atoms with Crippen molar-refractivity contribution in [2.24, 2.45) is 11.7 Å². The Kier molecular flexibility index (Phi) is 5.76. The molecule has 0 fully saturated rings. The highest BCUT2D eigenvalue weighted by Gasteiger charge is 2.22. The average molecular weight is 249 g/mol. The van der Waals surface area contributed by atoms with Crippen LogP contribution in [-0.2, 0) is 0 Å². The minimum Gasteiger partial charge on any atom is -0.329 e. The molecule has 0 spiro atoms. The summed E-state index contributed by atoms with van der Waals surface area (Å²) >= 11 is 0. The molecule has 0 radical (unpaired) electrons. The molecule has 0 aliphatic carbocycles. The van der Waals surface area contributed by atoms with Gasteiger partial charge in [0.1, 0.15) is 0 Å². The van der Waals surface area contributed by atoms with E-state index in [0.29, 0.717) is 18.5 Å². The number of nitrogens with zero attached hydrogens (tertiary/aromatic N) is 2.